The van der Waals surface area contributed by atoms with E-state index in [4.69, 9.17) is 5.11 Å². The Hall–Kier alpha value is -1.77. The molecule has 0 saturated carbocycles. The van der Waals surface area contributed by atoms with Gasteiger partial charge in [-0.2, -0.15) is 0 Å². The lowest BCUT2D eigenvalue weighted by molar-refractivity contribution is -0.132. The van der Waals surface area contributed by atoms with Gasteiger partial charge in [0.1, 0.15) is 5.75 Å². The van der Waals surface area contributed by atoms with Crippen molar-refractivity contribution in [2.45, 2.75) is 6.42 Å². The molecule has 0 atom stereocenters. The van der Waals surface area contributed by atoms with E-state index in [1.165, 1.54) is 0 Å². The van der Waals surface area contributed by atoms with Crippen molar-refractivity contribution in [2.75, 3.05) is 0 Å². The SMILES string of the molecule is O=C(O)C1=Cc2cccc(O)c2C1. The number of phenolic OH excluding ortho intramolecular Hbond substituents is 1. The van der Waals surface area contributed by atoms with Crippen molar-refractivity contribution in [3.8, 4) is 5.75 Å². The Labute approximate surface area is 74.9 Å². The second-order valence-corrected chi connectivity index (χ2v) is 3.00. The third-order valence-corrected chi connectivity index (χ3v) is 2.16. The molecule has 0 aliphatic heterocycles. The van der Waals surface area contributed by atoms with Crippen LogP contribution in [0.25, 0.3) is 6.08 Å². The van der Waals surface area contributed by atoms with Crippen molar-refractivity contribution in [1.29, 1.82) is 0 Å². The third-order valence-electron chi connectivity index (χ3n) is 2.16. The molecule has 0 amide bonds. The Kier molecular flexibility index (Phi) is 1.59. The average Bonchev–Trinajstić information content (AvgIpc) is 2.49. The highest BCUT2D eigenvalue weighted by molar-refractivity contribution is 5.95. The number of carboxylic acids is 1. The van der Waals surface area contributed by atoms with E-state index in [9.17, 15) is 9.90 Å². The highest BCUT2D eigenvalue weighted by Gasteiger charge is 2.19. The van der Waals surface area contributed by atoms with E-state index in [1.54, 1.807) is 24.3 Å². The molecule has 0 saturated heterocycles. The predicted octanol–water partition coefficient (Wildman–Crippen LogP) is 1.42. The zero-order chi connectivity index (χ0) is 9.42. The molecule has 0 bridgehead atoms. The van der Waals surface area contributed by atoms with E-state index in [0.29, 0.717) is 17.6 Å². The largest absolute Gasteiger partial charge is 0.508 e. The first-order chi connectivity index (χ1) is 6.18. The maximum absolute atomic E-state index is 10.6. The van der Waals surface area contributed by atoms with Crippen LogP contribution in [-0.2, 0) is 11.2 Å². The molecule has 13 heavy (non-hydrogen) atoms. The van der Waals surface area contributed by atoms with E-state index in [0.717, 1.165) is 5.56 Å². The standard InChI is InChI=1S/C10H8O3/c11-9-3-1-2-6-4-7(10(12)13)5-8(6)9/h1-4,11H,5H2,(H,12,13). The van der Waals surface area contributed by atoms with E-state index in [2.05, 4.69) is 0 Å². The summed E-state index contributed by atoms with van der Waals surface area (Å²) in [6.45, 7) is 0. The summed E-state index contributed by atoms with van der Waals surface area (Å²) in [5.74, 6) is -0.749. The quantitative estimate of drug-likeness (QED) is 0.680. The van der Waals surface area contributed by atoms with Crippen LogP contribution in [0.15, 0.2) is 23.8 Å². The zero-order valence-corrected chi connectivity index (χ0v) is 6.82. The highest BCUT2D eigenvalue weighted by atomic mass is 16.4. The summed E-state index contributed by atoms with van der Waals surface area (Å²) in [5, 5.41) is 18.1. The molecular weight excluding hydrogens is 168 g/mol. The number of rotatable bonds is 1. The Morgan fingerprint density at radius 1 is 1.38 bits per heavy atom. The molecule has 1 aliphatic rings. The van der Waals surface area contributed by atoms with Gasteiger partial charge in [0.15, 0.2) is 0 Å². The molecule has 0 radical (unpaired) electrons. The van der Waals surface area contributed by atoms with Crippen LogP contribution in [0, 0.1) is 0 Å². The normalized spacial score (nSPS) is 13.7. The molecule has 2 N–H and O–H groups in total. The van der Waals surface area contributed by atoms with Gasteiger partial charge < -0.3 is 10.2 Å². The molecule has 66 valence electrons. The van der Waals surface area contributed by atoms with Crippen LogP contribution < -0.4 is 0 Å². The molecular formula is C10H8O3. The predicted molar refractivity (Wildman–Crippen MR) is 47.4 cm³/mol. The number of hydrogen-bond donors (Lipinski definition) is 2. The first-order valence-electron chi connectivity index (χ1n) is 3.93. The molecule has 0 fully saturated rings. The van der Waals surface area contributed by atoms with Crippen LogP contribution in [0.2, 0.25) is 0 Å². The fourth-order valence-corrected chi connectivity index (χ4v) is 1.49. The van der Waals surface area contributed by atoms with Gasteiger partial charge >= 0.3 is 5.97 Å². The van der Waals surface area contributed by atoms with Gasteiger partial charge in [0, 0.05) is 17.6 Å². The highest BCUT2D eigenvalue weighted by Crippen LogP contribution is 2.31. The van der Waals surface area contributed by atoms with Crippen molar-refractivity contribution in [3.63, 3.8) is 0 Å². The molecule has 3 nitrogen and oxygen atoms in total. The van der Waals surface area contributed by atoms with E-state index >= 15 is 0 Å². The molecule has 1 aromatic carbocycles. The summed E-state index contributed by atoms with van der Waals surface area (Å²) >= 11 is 0. The van der Waals surface area contributed by atoms with E-state index < -0.39 is 5.97 Å². The van der Waals surface area contributed by atoms with Crippen molar-refractivity contribution < 1.29 is 15.0 Å². The maximum Gasteiger partial charge on any atom is 0.331 e. The van der Waals surface area contributed by atoms with Crippen molar-refractivity contribution in [3.05, 3.63) is 34.9 Å². The molecule has 3 heteroatoms. The number of phenols is 1. The van der Waals surface area contributed by atoms with Crippen molar-refractivity contribution in [1.82, 2.24) is 0 Å². The summed E-state index contributed by atoms with van der Waals surface area (Å²) in [5.41, 5.74) is 1.84. The molecule has 0 spiro atoms. The van der Waals surface area contributed by atoms with Crippen LogP contribution in [0.1, 0.15) is 11.1 Å². The van der Waals surface area contributed by atoms with Crippen molar-refractivity contribution in [2.24, 2.45) is 0 Å². The van der Waals surface area contributed by atoms with Gasteiger partial charge in [0.05, 0.1) is 0 Å². The Morgan fingerprint density at radius 3 is 2.77 bits per heavy atom. The molecule has 1 aromatic rings. The van der Waals surface area contributed by atoms with Crippen molar-refractivity contribution >= 4 is 12.0 Å². The fourth-order valence-electron chi connectivity index (χ4n) is 1.49. The minimum absolute atomic E-state index is 0.171. The van der Waals surface area contributed by atoms with Crippen LogP contribution in [-0.4, -0.2) is 16.2 Å². The second-order valence-electron chi connectivity index (χ2n) is 3.00. The topological polar surface area (TPSA) is 57.5 Å². The van der Waals surface area contributed by atoms with Crippen LogP contribution in [0.4, 0.5) is 0 Å². The summed E-state index contributed by atoms with van der Waals surface area (Å²) in [7, 11) is 0. The summed E-state index contributed by atoms with van der Waals surface area (Å²) in [4.78, 5) is 10.6. The van der Waals surface area contributed by atoms with Gasteiger partial charge in [0.25, 0.3) is 0 Å². The van der Waals surface area contributed by atoms with Crippen LogP contribution in [0.3, 0.4) is 0 Å². The molecule has 0 unspecified atom stereocenters. The summed E-state index contributed by atoms with van der Waals surface area (Å²) < 4.78 is 0. The number of aliphatic carboxylic acids is 1. The lowest BCUT2D eigenvalue weighted by Gasteiger charge is -2.00. The van der Waals surface area contributed by atoms with Gasteiger partial charge in [-0.1, -0.05) is 12.1 Å². The second kappa shape index (κ2) is 2.62. The Bertz CT molecular complexity index is 405. The first kappa shape index (κ1) is 7.86. The minimum Gasteiger partial charge on any atom is -0.508 e. The van der Waals surface area contributed by atoms with Crippen LogP contribution in [0.5, 0.6) is 5.75 Å². The van der Waals surface area contributed by atoms with Crippen LogP contribution >= 0.6 is 0 Å². The zero-order valence-electron chi connectivity index (χ0n) is 6.82. The van der Waals surface area contributed by atoms with Gasteiger partial charge in [-0.15, -0.1) is 0 Å². The number of carbonyl (C=O) groups is 1. The minimum atomic E-state index is -0.921. The smallest absolute Gasteiger partial charge is 0.331 e. The fraction of sp³-hybridized carbons (Fsp3) is 0.100. The first-order valence-corrected chi connectivity index (χ1v) is 3.93. The Morgan fingerprint density at radius 2 is 2.15 bits per heavy atom. The summed E-state index contributed by atoms with van der Waals surface area (Å²) in [6, 6.07) is 5.07. The van der Waals surface area contributed by atoms with E-state index in [-0.39, 0.29) is 5.75 Å². The molecule has 0 heterocycles. The molecule has 1 aliphatic carbocycles. The lowest BCUT2D eigenvalue weighted by atomic mass is 10.1. The lowest BCUT2D eigenvalue weighted by Crippen LogP contribution is -1.99. The maximum atomic E-state index is 10.6. The average molecular weight is 176 g/mol. The number of fused-ring (bicyclic) bond motifs is 1. The third kappa shape index (κ3) is 1.18. The van der Waals surface area contributed by atoms with Gasteiger partial charge in [-0.05, 0) is 17.7 Å². The van der Waals surface area contributed by atoms with Gasteiger partial charge in [-0.3, -0.25) is 0 Å². The Balaban J connectivity index is 2.46. The van der Waals surface area contributed by atoms with E-state index in [1.807, 2.05) is 0 Å². The summed E-state index contributed by atoms with van der Waals surface area (Å²) in [6.07, 6.45) is 1.91. The molecule has 0 aromatic heterocycles. The number of hydrogen-bond acceptors (Lipinski definition) is 2. The molecule has 2 rings (SSSR count). The monoisotopic (exact) mass is 176 g/mol. The number of carboxylic acid groups (broad SMARTS) is 1. The number of aromatic hydroxyl groups is 1. The van der Waals surface area contributed by atoms with Gasteiger partial charge in [-0.25, -0.2) is 4.79 Å². The van der Waals surface area contributed by atoms with Gasteiger partial charge in [0.2, 0.25) is 0 Å². The number of benzene rings is 1.